The summed E-state index contributed by atoms with van der Waals surface area (Å²) < 4.78 is -0.0872. The molecule has 1 aliphatic rings. The van der Waals surface area contributed by atoms with E-state index in [4.69, 9.17) is 12.2 Å². The lowest BCUT2D eigenvalue weighted by molar-refractivity contribution is 0.708. The fourth-order valence-corrected chi connectivity index (χ4v) is 3.91. The third-order valence-corrected chi connectivity index (χ3v) is 5.20. The van der Waals surface area contributed by atoms with Crippen molar-refractivity contribution in [2.75, 3.05) is 12.8 Å². The highest BCUT2D eigenvalue weighted by molar-refractivity contribution is 8.02. The summed E-state index contributed by atoms with van der Waals surface area (Å²) in [6.45, 7) is 2.03. The fraction of sp³-hybridized carbons (Fsp3) is 0.500. The summed E-state index contributed by atoms with van der Waals surface area (Å²) in [5, 5.41) is 3.14. The van der Waals surface area contributed by atoms with Gasteiger partial charge < -0.3 is 5.32 Å². The van der Waals surface area contributed by atoms with Crippen molar-refractivity contribution in [2.24, 2.45) is 0 Å². The maximum absolute atomic E-state index is 5.48. The Labute approximate surface area is 106 Å². The number of hydrogen-bond acceptors (Lipinski definition) is 3. The number of likely N-dealkylation sites (N-methyl/N-ethyl adjacent to an activating group) is 1. The first kappa shape index (κ1) is 11.9. The van der Waals surface area contributed by atoms with Gasteiger partial charge in [0, 0.05) is 12.7 Å². The topological polar surface area (TPSA) is 24.9 Å². The van der Waals surface area contributed by atoms with Gasteiger partial charge in [-0.2, -0.15) is 0 Å². The predicted octanol–water partition coefficient (Wildman–Crippen LogP) is 2.66. The van der Waals surface area contributed by atoms with Crippen LogP contribution in [0, 0.1) is 6.92 Å². The van der Waals surface area contributed by atoms with Crippen molar-refractivity contribution in [3.8, 4) is 0 Å². The van der Waals surface area contributed by atoms with Crippen LogP contribution in [0.1, 0.15) is 24.2 Å². The Morgan fingerprint density at radius 3 is 2.94 bits per heavy atom. The molecule has 1 fully saturated rings. The van der Waals surface area contributed by atoms with E-state index in [1.807, 2.05) is 31.8 Å². The van der Waals surface area contributed by atoms with E-state index in [-0.39, 0.29) is 4.75 Å². The highest BCUT2D eigenvalue weighted by Crippen LogP contribution is 2.46. The Hall–Kier alpha value is -0.610. The molecule has 1 aromatic heterocycles. The van der Waals surface area contributed by atoms with Crippen molar-refractivity contribution >= 4 is 29.0 Å². The summed E-state index contributed by atoms with van der Waals surface area (Å²) in [7, 11) is 1.90. The summed E-state index contributed by atoms with van der Waals surface area (Å²) in [5.41, 5.74) is 2.16. The molecule has 1 saturated heterocycles. The van der Waals surface area contributed by atoms with Gasteiger partial charge in [0.25, 0.3) is 0 Å². The van der Waals surface area contributed by atoms with E-state index in [1.54, 1.807) is 0 Å². The van der Waals surface area contributed by atoms with E-state index >= 15 is 0 Å². The first-order chi connectivity index (χ1) is 7.69. The van der Waals surface area contributed by atoms with Gasteiger partial charge in [0.15, 0.2) is 0 Å². The van der Waals surface area contributed by atoms with Crippen molar-refractivity contribution in [3.63, 3.8) is 0 Å². The average Bonchev–Trinajstić information content (AvgIpc) is 2.78. The van der Waals surface area contributed by atoms with Crippen molar-refractivity contribution in [3.05, 3.63) is 29.6 Å². The molecular formula is C12H16N2S2. The van der Waals surface area contributed by atoms with E-state index in [0.29, 0.717) is 0 Å². The van der Waals surface area contributed by atoms with Gasteiger partial charge in [-0.25, -0.2) is 0 Å². The molecule has 0 bridgehead atoms. The molecule has 2 heterocycles. The Morgan fingerprint density at radius 1 is 1.56 bits per heavy atom. The molecule has 0 radical (unpaired) electrons. The van der Waals surface area contributed by atoms with Crippen LogP contribution in [0.25, 0.3) is 0 Å². The molecule has 0 unspecified atom stereocenters. The number of pyridine rings is 1. The van der Waals surface area contributed by atoms with Gasteiger partial charge >= 0.3 is 0 Å². The molecule has 2 rings (SSSR count). The lowest BCUT2D eigenvalue weighted by Gasteiger charge is -2.28. The standard InChI is InChI=1S/C12H16N2S2/c1-9-5-3-6-10(14-9)12(11(15)13-2)7-4-8-16-12/h3,5-6H,4,7-8H2,1-2H3,(H,13,15)/t12-/m0/s1. The van der Waals surface area contributed by atoms with Crippen molar-refractivity contribution < 1.29 is 0 Å². The smallest absolute Gasteiger partial charge is 0.108 e. The Morgan fingerprint density at radius 2 is 2.38 bits per heavy atom. The lowest BCUT2D eigenvalue weighted by Crippen LogP contribution is -2.37. The maximum Gasteiger partial charge on any atom is 0.108 e. The fourth-order valence-electron chi connectivity index (χ4n) is 2.11. The van der Waals surface area contributed by atoms with Crippen molar-refractivity contribution in [1.82, 2.24) is 10.3 Å². The van der Waals surface area contributed by atoms with Gasteiger partial charge in [-0.05, 0) is 37.7 Å². The number of nitrogens with zero attached hydrogens (tertiary/aromatic N) is 1. The number of aromatic nitrogens is 1. The molecule has 2 nitrogen and oxygen atoms in total. The maximum atomic E-state index is 5.48. The molecule has 0 amide bonds. The Kier molecular flexibility index (Phi) is 3.50. The number of nitrogens with one attached hydrogen (secondary N) is 1. The Balaban J connectivity index is 2.43. The minimum atomic E-state index is -0.0872. The van der Waals surface area contributed by atoms with E-state index in [1.165, 1.54) is 6.42 Å². The van der Waals surface area contributed by atoms with E-state index in [2.05, 4.69) is 22.4 Å². The number of aryl methyl sites for hydroxylation is 1. The van der Waals surface area contributed by atoms with Crippen LogP contribution in [0.4, 0.5) is 0 Å². The lowest BCUT2D eigenvalue weighted by atomic mass is 9.98. The summed E-state index contributed by atoms with van der Waals surface area (Å²) in [6, 6.07) is 6.19. The molecule has 0 aromatic carbocycles. The van der Waals surface area contributed by atoms with Crippen LogP contribution >= 0.6 is 24.0 Å². The summed E-state index contributed by atoms with van der Waals surface area (Å²) >= 11 is 7.40. The molecular weight excluding hydrogens is 236 g/mol. The van der Waals surface area contributed by atoms with Crippen LogP contribution in [-0.4, -0.2) is 22.8 Å². The van der Waals surface area contributed by atoms with Crippen molar-refractivity contribution in [2.45, 2.75) is 24.5 Å². The van der Waals surface area contributed by atoms with Crippen LogP contribution in [0.15, 0.2) is 18.2 Å². The average molecular weight is 252 g/mol. The second kappa shape index (κ2) is 4.72. The molecule has 1 atom stereocenters. The van der Waals surface area contributed by atoms with Crippen LogP contribution < -0.4 is 5.32 Å². The predicted molar refractivity (Wildman–Crippen MR) is 74.0 cm³/mol. The number of thioether (sulfide) groups is 1. The zero-order valence-corrected chi connectivity index (χ0v) is 11.3. The van der Waals surface area contributed by atoms with E-state index in [0.717, 1.165) is 28.6 Å². The van der Waals surface area contributed by atoms with Crippen LogP contribution in [-0.2, 0) is 4.75 Å². The summed E-state index contributed by atoms with van der Waals surface area (Å²) in [6.07, 6.45) is 2.30. The molecule has 86 valence electrons. The van der Waals surface area contributed by atoms with Crippen LogP contribution in [0.2, 0.25) is 0 Å². The molecule has 1 aliphatic heterocycles. The third kappa shape index (κ3) is 1.96. The zero-order valence-electron chi connectivity index (χ0n) is 9.62. The van der Waals surface area contributed by atoms with Gasteiger partial charge in [0.2, 0.25) is 0 Å². The van der Waals surface area contributed by atoms with Crippen LogP contribution in [0.5, 0.6) is 0 Å². The zero-order chi connectivity index (χ0) is 11.6. The van der Waals surface area contributed by atoms with Crippen LogP contribution in [0.3, 0.4) is 0 Å². The first-order valence-corrected chi connectivity index (χ1v) is 6.89. The summed E-state index contributed by atoms with van der Waals surface area (Å²) in [5.74, 6) is 1.16. The Bertz CT molecular complexity index is 398. The van der Waals surface area contributed by atoms with E-state index in [9.17, 15) is 0 Å². The minimum absolute atomic E-state index is 0.0872. The number of hydrogen-bond donors (Lipinski definition) is 1. The monoisotopic (exact) mass is 252 g/mol. The molecule has 0 aliphatic carbocycles. The van der Waals surface area contributed by atoms with Gasteiger partial charge in [-0.15, -0.1) is 11.8 Å². The third-order valence-electron chi connectivity index (χ3n) is 2.92. The highest BCUT2D eigenvalue weighted by atomic mass is 32.2. The van der Waals surface area contributed by atoms with Crippen molar-refractivity contribution in [1.29, 1.82) is 0 Å². The van der Waals surface area contributed by atoms with E-state index < -0.39 is 0 Å². The molecule has 0 saturated carbocycles. The first-order valence-electron chi connectivity index (χ1n) is 5.49. The largest absolute Gasteiger partial charge is 0.381 e. The normalized spacial score (nSPS) is 24.4. The molecule has 0 spiro atoms. The molecule has 16 heavy (non-hydrogen) atoms. The SMILES string of the molecule is CNC(=S)[C@@]1(c2cccc(C)n2)CCCS1. The molecule has 1 N–H and O–H groups in total. The molecule has 4 heteroatoms. The minimum Gasteiger partial charge on any atom is -0.381 e. The number of thiocarbonyl (C=S) groups is 1. The van der Waals surface area contributed by atoms with Gasteiger partial charge in [0.1, 0.15) is 4.75 Å². The van der Waals surface area contributed by atoms with Gasteiger partial charge in [-0.1, -0.05) is 18.3 Å². The highest BCUT2D eigenvalue weighted by Gasteiger charge is 2.41. The molecule has 1 aromatic rings. The second-order valence-corrected chi connectivity index (χ2v) is 5.82. The second-order valence-electron chi connectivity index (χ2n) is 4.02. The quantitative estimate of drug-likeness (QED) is 0.818. The number of rotatable bonds is 2. The van der Waals surface area contributed by atoms with Gasteiger partial charge in [-0.3, -0.25) is 4.98 Å². The van der Waals surface area contributed by atoms with Gasteiger partial charge in [0.05, 0.1) is 10.7 Å². The summed E-state index contributed by atoms with van der Waals surface area (Å²) in [4.78, 5) is 5.56.